The number of nitrogens with one attached hydrogen (secondary N) is 1. The van der Waals surface area contributed by atoms with Gasteiger partial charge in [0.1, 0.15) is 0 Å². The lowest BCUT2D eigenvalue weighted by Gasteiger charge is -2.21. The highest BCUT2D eigenvalue weighted by atomic mass is 32.2. The first kappa shape index (κ1) is 21.7. The number of benzene rings is 2. The first-order chi connectivity index (χ1) is 14.1. The van der Waals surface area contributed by atoms with Crippen molar-refractivity contribution in [2.45, 2.75) is 17.5 Å². The molecule has 3 rings (SSSR count). The lowest BCUT2D eigenvalue weighted by molar-refractivity contribution is 0.356. The monoisotopic (exact) mass is 444 g/mol. The second-order valence-corrected chi connectivity index (χ2v) is 7.83. The van der Waals surface area contributed by atoms with Crippen molar-refractivity contribution in [2.75, 3.05) is 0 Å². The summed E-state index contributed by atoms with van der Waals surface area (Å²) >= 11 is 0. The third kappa shape index (κ3) is 4.12. The SMILES string of the molecule is O=c1ccccn1CC(NS(=O)(=O)c1c(F)c(F)c(F)c(F)c1F)c1ccccc1. The Kier molecular flexibility index (Phi) is 6.04. The van der Waals surface area contributed by atoms with Crippen molar-refractivity contribution in [3.05, 3.63) is 99.7 Å². The van der Waals surface area contributed by atoms with Crippen LogP contribution in [0.4, 0.5) is 22.0 Å². The average Bonchev–Trinajstić information content (AvgIpc) is 2.72. The quantitative estimate of drug-likeness (QED) is 0.361. The van der Waals surface area contributed by atoms with Crippen LogP contribution in [0.5, 0.6) is 0 Å². The molecule has 1 N–H and O–H groups in total. The summed E-state index contributed by atoms with van der Waals surface area (Å²) in [5.74, 6) is -12.2. The molecule has 0 aliphatic rings. The van der Waals surface area contributed by atoms with Crippen molar-refractivity contribution in [2.24, 2.45) is 0 Å². The molecule has 0 radical (unpaired) electrons. The second kappa shape index (κ2) is 8.36. The van der Waals surface area contributed by atoms with Gasteiger partial charge in [-0.25, -0.2) is 35.1 Å². The molecule has 158 valence electrons. The number of hydrogen-bond donors (Lipinski definition) is 1. The maximum atomic E-state index is 14.0. The van der Waals surface area contributed by atoms with Crippen molar-refractivity contribution in [1.82, 2.24) is 9.29 Å². The lowest BCUT2D eigenvalue weighted by atomic mass is 10.1. The Labute approximate surface area is 167 Å². The van der Waals surface area contributed by atoms with Gasteiger partial charge in [0.15, 0.2) is 28.2 Å². The van der Waals surface area contributed by atoms with Crippen molar-refractivity contribution in [3.63, 3.8) is 0 Å². The zero-order chi connectivity index (χ0) is 22.1. The highest BCUT2D eigenvalue weighted by Gasteiger charge is 2.35. The topological polar surface area (TPSA) is 68.2 Å². The molecule has 0 saturated carbocycles. The fourth-order valence-electron chi connectivity index (χ4n) is 2.77. The number of hydrogen-bond acceptors (Lipinski definition) is 3. The molecular weight excluding hydrogens is 431 g/mol. The van der Waals surface area contributed by atoms with E-state index in [1.54, 1.807) is 18.2 Å². The van der Waals surface area contributed by atoms with Crippen LogP contribution in [-0.2, 0) is 16.6 Å². The van der Waals surface area contributed by atoms with Crippen LogP contribution in [-0.4, -0.2) is 13.0 Å². The molecule has 0 spiro atoms. The zero-order valence-electron chi connectivity index (χ0n) is 15.0. The smallest absolute Gasteiger partial charge is 0.250 e. The van der Waals surface area contributed by atoms with Gasteiger partial charge in [-0.3, -0.25) is 4.79 Å². The van der Waals surface area contributed by atoms with E-state index in [2.05, 4.69) is 0 Å². The van der Waals surface area contributed by atoms with Crippen molar-refractivity contribution in [3.8, 4) is 0 Å². The van der Waals surface area contributed by atoms with Crippen molar-refractivity contribution in [1.29, 1.82) is 0 Å². The van der Waals surface area contributed by atoms with E-state index in [9.17, 15) is 35.2 Å². The number of sulfonamides is 1. The van der Waals surface area contributed by atoms with Crippen LogP contribution >= 0.6 is 0 Å². The molecule has 30 heavy (non-hydrogen) atoms. The first-order valence-electron chi connectivity index (χ1n) is 8.37. The molecular formula is C19H13F5N2O3S. The minimum Gasteiger partial charge on any atom is -0.314 e. The summed E-state index contributed by atoms with van der Waals surface area (Å²) in [5.41, 5.74) is -0.199. The lowest BCUT2D eigenvalue weighted by Crippen LogP contribution is -2.35. The van der Waals surface area contributed by atoms with Gasteiger partial charge in [-0.15, -0.1) is 0 Å². The number of aromatic nitrogens is 1. The van der Waals surface area contributed by atoms with Gasteiger partial charge in [-0.05, 0) is 11.6 Å². The van der Waals surface area contributed by atoms with Crippen molar-refractivity contribution < 1.29 is 30.4 Å². The summed E-state index contributed by atoms with van der Waals surface area (Å²) in [6, 6.07) is 10.6. The molecule has 1 aromatic heterocycles. The van der Waals surface area contributed by atoms with E-state index in [0.29, 0.717) is 5.56 Å². The van der Waals surface area contributed by atoms with Crippen molar-refractivity contribution >= 4 is 10.0 Å². The fraction of sp³-hybridized carbons (Fsp3) is 0.105. The molecule has 0 saturated heterocycles. The number of halogens is 5. The minimum absolute atomic E-state index is 0.292. The van der Waals surface area contributed by atoms with E-state index < -0.39 is 55.6 Å². The fourth-order valence-corrected chi connectivity index (χ4v) is 4.13. The Balaban J connectivity index is 2.09. The van der Waals surface area contributed by atoms with E-state index in [1.807, 2.05) is 4.72 Å². The third-order valence-corrected chi connectivity index (χ3v) is 5.71. The van der Waals surface area contributed by atoms with Gasteiger partial charge in [0.25, 0.3) is 5.56 Å². The predicted octanol–water partition coefficient (Wildman–Crippen LogP) is 3.26. The zero-order valence-corrected chi connectivity index (χ0v) is 15.8. The molecule has 3 aromatic rings. The highest BCUT2D eigenvalue weighted by Crippen LogP contribution is 2.28. The van der Waals surface area contributed by atoms with Crippen LogP contribution in [0.15, 0.2) is 64.4 Å². The molecule has 0 aliphatic carbocycles. The van der Waals surface area contributed by atoms with E-state index in [1.165, 1.54) is 36.5 Å². The van der Waals surface area contributed by atoms with Gasteiger partial charge in [0.05, 0.1) is 6.04 Å². The third-order valence-electron chi connectivity index (χ3n) is 4.22. The first-order valence-corrected chi connectivity index (χ1v) is 9.86. The average molecular weight is 444 g/mol. The summed E-state index contributed by atoms with van der Waals surface area (Å²) < 4.78 is 96.6. The maximum Gasteiger partial charge on any atom is 0.250 e. The van der Waals surface area contributed by atoms with Gasteiger partial charge in [-0.2, -0.15) is 0 Å². The molecule has 0 fully saturated rings. The largest absolute Gasteiger partial charge is 0.314 e. The number of rotatable bonds is 6. The van der Waals surface area contributed by atoms with Gasteiger partial charge in [0.2, 0.25) is 15.8 Å². The normalized spacial score (nSPS) is 12.7. The highest BCUT2D eigenvalue weighted by molar-refractivity contribution is 7.89. The summed E-state index contributed by atoms with van der Waals surface area (Å²) in [6.45, 7) is -0.307. The van der Waals surface area contributed by atoms with Gasteiger partial charge < -0.3 is 4.57 Å². The van der Waals surface area contributed by atoms with Crippen LogP contribution in [0.3, 0.4) is 0 Å². The van der Waals surface area contributed by atoms with E-state index >= 15 is 0 Å². The Morgan fingerprint density at radius 2 is 1.33 bits per heavy atom. The molecule has 0 bridgehead atoms. The Hall–Kier alpha value is -3.05. The molecule has 2 aromatic carbocycles. The Morgan fingerprint density at radius 3 is 1.90 bits per heavy atom. The number of nitrogens with zero attached hydrogens (tertiary/aromatic N) is 1. The standard InChI is InChI=1S/C19H13F5N2O3S/c20-14-15(21)17(23)19(18(24)16(14)22)30(28,29)25-12(11-6-2-1-3-7-11)10-26-9-5-4-8-13(26)27/h1-9,12,25H,10H2. The minimum atomic E-state index is -5.23. The van der Waals surface area contributed by atoms with Crippen LogP contribution in [0.2, 0.25) is 0 Å². The summed E-state index contributed by atoms with van der Waals surface area (Å²) in [6.07, 6.45) is 1.35. The molecule has 1 unspecified atom stereocenters. The molecule has 1 heterocycles. The van der Waals surface area contributed by atoms with Crippen LogP contribution in [0, 0.1) is 29.1 Å². The van der Waals surface area contributed by atoms with Gasteiger partial charge in [0, 0.05) is 18.8 Å². The van der Waals surface area contributed by atoms with E-state index in [0.717, 1.165) is 4.57 Å². The molecule has 0 amide bonds. The van der Waals surface area contributed by atoms with Crippen LogP contribution < -0.4 is 10.3 Å². The Bertz CT molecular complexity index is 1220. The maximum absolute atomic E-state index is 14.0. The predicted molar refractivity (Wildman–Crippen MR) is 96.4 cm³/mol. The molecule has 5 nitrogen and oxygen atoms in total. The van der Waals surface area contributed by atoms with E-state index in [4.69, 9.17) is 0 Å². The van der Waals surface area contributed by atoms with Crippen LogP contribution in [0.1, 0.15) is 11.6 Å². The number of pyridine rings is 1. The summed E-state index contributed by atoms with van der Waals surface area (Å²) in [5, 5.41) is 0. The summed E-state index contributed by atoms with van der Waals surface area (Å²) in [7, 11) is -5.23. The molecule has 0 aliphatic heterocycles. The van der Waals surface area contributed by atoms with E-state index in [-0.39, 0.29) is 6.54 Å². The van der Waals surface area contributed by atoms with Crippen LogP contribution in [0.25, 0.3) is 0 Å². The van der Waals surface area contributed by atoms with Gasteiger partial charge in [-0.1, -0.05) is 36.4 Å². The van der Waals surface area contributed by atoms with Gasteiger partial charge >= 0.3 is 0 Å². The summed E-state index contributed by atoms with van der Waals surface area (Å²) in [4.78, 5) is 9.98. The molecule has 11 heteroatoms. The Morgan fingerprint density at radius 1 is 0.800 bits per heavy atom. The molecule has 1 atom stereocenters. The second-order valence-electron chi connectivity index (χ2n) is 6.17.